The smallest absolute Gasteiger partial charge is 0.258 e. The predicted octanol–water partition coefficient (Wildman–Crippen LogP) is 6.38. The normalized spacial score (nSPS) is 16.6. The van der Waals surface area contributed by atoms with Crippen molar-refractivity contribution in [3.8, 4) is 10.7 Å². The SMILES string of the molecule is CC1=C(c2nc(-c3cccs3)no2)C(c2ccc(Cl)cc2)NC(=S)N1Cc1cccs1. The minimum atomic E-state index is -0.221. The van der Waals surface area contributed by atoms with E-state index in [1.807, 2.05) is 54.8 Å². The minimum Gasteiger partial charge on any atom is -0.351 e. The van der Waals surface area contributed by atoms with Gasteiger partial charge in [0.2, 0.25) is 5.82 Å². The van der Waals surface area contributed by atoms with Crippen molar-refractivity contribution >= 4 is 57.2 Å². The van der Waals surface area contributed by atoms with Crippen molar-refractivity contribution < 1.29 is 4.52 Å². The summed E-state index contributed by atoms with van der Waals surface area (Å²) in [5, 5.41) is 13.1. The van der Waals surface area contributed by atoms with Crippen LogP contribution < -0.4 is 5.32 Å². The van der Waals surface area contributed by atoms with Crippen molar-refractivity contribution in [1.82, 2.24) is 20.4 Å². The summed E-state index contributed by atoms with van der Waals surface area (Å²) < 4.78 is 5.75. The molecule has 9 heteroatoms. The van der Waals surface area contributed by atoms with Crippen molar-refractivity contribution in [2.45, 2.75) is 19.5 Å². The lowest BCUT2D eigenvalue weighted by atomic mass is 9.95. The highest BCUT2D eigenvalue weighted by Crippen LogP contribution is 2.38. The number of nitrogens with zero attached hydrogens (tertiary/aromatic N) is 3. The molecule has 0 bridgehead atoms. The Hall–Kier alpha value is -2.52. The number of hydrogen-bond acceptors (Lipinski definition) is 6. The molecule has 1 N–H and O–H groups in total. The van der Waals surface area contributed by atoms with Crippen LogP contribution in [-0.4, -0.2) is 20.2 Å². The van der Waals surface area contributed by atoms with Crippen LogP contribution in [0.1, 0.15) is 29.3 Å². The third-order valence-electron chi connectivity index (χ3n) is 5.09. The van der Waals surface area contributed by atoms with Crippen LogP contribution >= 0.6 is 46.5 Å². The third kappa shape index (κ3) is 4.04. The van der Waals surface area contributed by atoms with Crippen LogP contribution in [0.4, 0.5) is 0 Å². The summed E-state index contributed by atoms with van der Waals surface area (Å²) in [7, 11) is 0. The summed E-state index contributed by atoms with van der Waals surface area (Å²) in [5.74, 6) is 1.06. The van der Waals surface area contributed by atoms with E-state index in [0.717, 1.165) is 21.7 Å². The molecule has 1 unspecified atom stereocenters. The Morgan fingerprint density at radius 3 is 2.61 bits per heavy atom. The lowest BCUT2D eigenvalue weighted by molar-refractivity contribution is 0.396. The van der Waals surface area contributed by atoms with Gasteiger partial charge in [-0.25, -0.2) is 0 Å². The molecule has 0 fully saturated rings. The van der Waals surface area contributed by atoms with Gasteiger partial charge in [0.05, 0.1) is 23.0 Å². The second kappa shape index (κ2) is 8.55. The summed E-state index contributed by atoms with van der Waals surface area (Å²) >= 11 is 15.1. The molecule has 0 saturated heterocycles. The highest BCUT2D eigenvalue weighted by atomic mass is 35.5. The first-order valence-corrected chi connectivity index (χ1v) is 12.1. The Labute approximate surface area is 198 Å². The Morgan fingerprint density at radius 2 is 1.90 bits per heavy atom. The molecule has 1 aromatic carbocycles. The Bertz CT molecular complexity index is 1230. The largest absolute Gasteiger partial charge is 0.351 e. The van der Waals surface area contributed by atoms with Crippen molar-refractivity contribution in [2.24, 2.45) is 0 Å². The fourth-order valence-corrected chi connectivity index (χ4v) is 5.34. The van der Waals surface area contributed by atoms with E-state index in [2.05, 4.69) is 26.8 Å². The van der Waals surface area contributed by atoms with Gasteiger partial charge in [0.15, 0.2) is 5.11 Å². The van der Waals surface area contributed by atoms with E-state index < -0.39 is 0 Å². The summed E-state index contributed by atoms with van der Waals surface area (Å²) in [6.07, 6.45) is 0. The van der Waals surface area contributed by atoms with Crippen LogP contribution in [0.25, 0.3) is 16.3 Å². The standard InChI is InChI=1S/C22H17ClN4OS3/c1-13-18(21-25-20(26-28-21)17-5-3-11-31-17)19(14-6-8-15(23)9-7-14)24-22(29)27(13)12-16-4-2-10-30-16/h2-11,19H,12H2,1H3,(H,24,29). The minimum absolute atomic E-state index is 0.221. The molecule has 0 saturated carbocycles. The zero-order valence-corrected chi connectivity index (χ0v) is 19.6. The number of hydrogen-bond donors (Lipinski definition) is 1. The van der Waals surface area contributed by atoms with Gasteiger partial charge in [-0.1, -0.05) is 41.0 Å². The van der Waals surface area contributed by atoms with Crippen LogP contribution in [0.15, 0.2) is 69.5 Å². The molecule has 31 heavy (non-hydrogen) atoms. The van der Waals surface area contributed by atoms with Crippen LogP contribution in [0, 0.1) is 0 Å². The topological polar surface area (TPSA) is 54.2 Å². The van der Waals surface area contributed by atoms with E-state index in [1.54, 1.807) is 22.7 Å². The molecule has 0 aliphatic carbocycles. The van der Waals surface area contributed by atoms with E-state index >= 15 is 0 Å². The molecular formula is C22H17ClN4OS3. The van der Waals surface area contributed by atoms with Crippen LogP contribution in [0.5, 0.6) is 0 Å². The summed E-state index contributed by atoms with van der Waals surface area (Å²) in [4.78, 5) is 8.98. The molecule has 1 aliphatic heterocycles. The first-order valence-electron chi connectivity index (χ1n) is 9.55. The molecule has 3 aromatic heterocycles. The molecule has 0 spiro atoms. The second-order valence-corrected chi connectivity index (χ2v) is 9.80. The summed E-state index contributed by atoms with van der Waals surface area (Å²) in [6.45, 7) is 2.73. The van der Waals surface area contributed by atoms with Gasteiger partial charge in [0.25, 0.3) is 5.89 Å². The summed E-state index contributed by atoms with van der Waals surface area (Å²) in [6, 6.07) is 15.6. The number of nitrogens with one attached hydrogen (secondary N) is 1. The van der Waals surface area contributed by atoms with Gasteiger partial charge in [-0.05, 0) is 59.7 Å². The van der Waals surface area contributed by atoms with E-state index in [4.69, 9.17) is 33.3 Å². The molecule has 156 valence electrons. The van der Waals surface area contributed by atoms with Crippen LogP contribution in [0.2, 0.25) is 5.02 Å². The molecule has 4 heterocycles. The average molecular weight is 485 g/mol. The fourth-order valence-electron chi connectivity index (χ4n) is 3.55. The van der Waals surface area contributed by atoms with E-state index in [0.29, 0.717) is 28.4 Å². The van der Waals surface area contributed by atoms with Crippen molar-refractivity contribution in [3.05, 3.63) is 86.3 Å². The maximum absolute atomic E-state index is 6.12. The molecule has 5 nitrogen and oxygen atoms in total. The average Bonchev–Trinajstić information content (AvgIpc) is 3.54. The van der Waals surface area contributed by atoms with Crippen LogP contribution in [0.3, 0.4) is 0 Å². The third-order valence-corrected chi connectivity index (χ3v) is 7.41. The number of rotatable bonds is 5. The molecule has 1 aliphatic rings. The van der Waals surface area contributed by atoms with Gasteiger partial charge in [-0.15, -0.1) is 22.7 Å². The Kier molecular flexibility index (Phi) is 5.62. The zero-order chi connectivity index (χ0) is 21.4. The second-order valence-electron chi connectivity index (χ2n) is 7.00. The first kappa shape index (κ1) is 20.4. The molecule has 5 rings (SSSR count). The molecule has 1 atom stereocenters. The summed E-state index contributed by atoms with van der Waals surface area (Å²) in [5.41, 5.74) is 2.91. The number of thiocarbonyl (C=S) groups is 1. The van der Waals surface area contributed by atoms with Crippen molar-refractivity contribution in [2.75, 3.05) is 0 Å². The number of benzene rings is 1. The predicted molar refractivity (Wildman–Crippen MR) is 130 cm³/mol. The fraction of sp³-hybridized carbons (Fsp3) is 0.136. The number of halogens is 1. The van der Waals surface area contributed by atoms with Crippen LogP contribution in [-0.2, 0) is 6.54 Å². The van der Waals surface area contributed by atoms with Gasteiger partial charge in [-0.2, -0.15) is 4.98 Å². The molecular weight excluding hydrogens is 468 g/mol. The molecule has 0 radical (unpaired) electrons. The Morgan fingerprint density at radius 1 is 1.13 bits per heavy atom. The number of allylic oxidation sites excluding steroid dienone is 1. The van der Waals surface area contributed by atoms with Crippen molar-refractivity contribution in [1.29, 1.82) is 0 Å². The lowest BCUT2D eigenvalue weighted by Crippen LogP contribution is -2.45. The van der Waals surface area contributed by atoms with Gasteiger partial charge in [0, 0.05) is 15.6 Å². The maximum Gasteiger partial charge on any atom is 0.258 e. The number of aromatic nitrogens is 2. The van der Waals surface area contributed by atoms with Gasteiger partial charge in [-0.3, -0.25) is 0 Å². The van der Waals surface area contributed by atoms with Gasteiger partial charge in [0.1, 0.15) is 0 Å². The highest BCUT2D eigenvalue weighted by molar-refractivity contribution is 7.80. The van der Waals surface area contributed by atoms with E-state index in [-0.39, 0.29) is 6.04 Å². The van der Waals surface area contributed by atoms with E-state index in [1.165, 1.54) is 4.88 Å². The highest BCUT2D eigenvalue weighted by Gasteiger charge is 2.34. The lowest BCUT2D eigenvalue weighted by Gasteiger charge is -2.37. The number of thiophene rings is 2. The first-order chi connectivity index (χ1) is 15.1. The Balaban J connectivity index is 1.60. The van der Waals surface area contributed by atoms with Crippen molar-refractivity contribution in [3.63, 3.8) is 0 Å². The maximum atomic E-state index is 6.12. The van der Waals surface area contributed by atoms with E-state index in [9.17, 15) is 0 Å². The molecule has 0 amide bonds. The quantitative estimate of drug-likeness (QED) is 0.332. The zero-order valence-electron chi connectivity index (χ0n) is 16.4. The van der Waals surface area contributed by atoms with Gasteiger partial charge < -0.3 is 14.7 Å². The molecule has 4 aromatic rings. The van der Waals surface area contributed by atoms with Gasteiger partial charge >= 0.3 is 0 Å². The monoisotopic (exact) mass is 484 g/mol.